The van der Waals surface area contributed by atoms with E-state index < -0.39 is 21.8 Å². The van der Waals surface area contributed by atoms with Crippen molar-refractivity contribution in [2.24, 2.45) is 5.73 Å². The molecule has 0 amide bonds. The zero-order valence-corrected chi connectivity index (χ0v) is 17.8. The molecule has 0 unspecified atom stereocenters. The fourth-order valence-corrected chi connectivity index (χ4v) is 3.69. The summed E-state index contributed by atoms with van der Waals surface area (Å²) < 4.78 is 33.9. The predicted octanol–water partition coefficient (Wildman–Crippen LogP) is 4.32. The Morgan fingerprint density at radius 1 is 0.964 bits per heavy atom. The number of esters is 1. The van der Waals surface area contributed by atoms with Crippen LogP contribution < -0.4 is 9.92 Å². The number of unbranched alkanes of at least 4 members (excludes halogenated alkanes) is 9. The van der Waals surface area contributed by atoms with Gasteiger partial charge >= 0.3 is 16.1 Å². The van der Waals surface area contributed by atoms with E-state index in [2.05, 4.69) is 6.92 Å². The second-order valence-electron chi connectivity index (χ2n) is 7.04. The third kappa shape index (κ3) is 12.0. The highest BCUT2D eigenvalue weighted by Crippen LogP contribution is 2.15. The van der Waals surface area contributed by atoms with Crippen LogP contribution in [0.1, 0.15) is 76.7 Å². The Bertz CT molecular complexity index is 661. The second kappa shape index (κ2) is 14.4. The molecular formula is C21H35NO5S. The molecule has 0 saturated carbocycles. The number of rotatable bonds is 16. The number of hydrogen-bond donors (Lipinski definition) is 1. The van der Waals surface area contributed by atoms with E-state index in [1.807, 2.05) is 0 Å². The summed E-state index contributed by atoms with van der Waals surface area (Å²) in [6.45, 7) is 2.74. The normalized spacial score (nSPS) is 11.4. The fraction of sp³-hybridized carbons (Fsp3) is 0.667. The minimum absolute atomic E-state index is 0.144. The maximum absolute atomic E-state index is 12.0. The molecule has 0 radical (unpaired) electrons. The van der Waals surface area contributed by atoms with Gasteiger partial charge in [0.2, 0.25) is 0 Å². The van der Waals surface area contributed by atoms with Crippen LogP contribution in [0.15, 0.2) is 24.3 Å². The van der Waals surface area contributed by atoms with Gasteiger partial charge in [-0.15, -0.1) is 0 Å². The van der Waals surface area contributed by atoms with E-state index >= 15 is 0 Å². The summed E-state index contributed by atoms with van der Waals surface area (Å²) in [5, 5.41) is 0. The minimum Gasteiger partial charge on any atom is -0.465 e. The minimum atomic E-state index is -4.04. The Morgan fingerprint density at radius 3 is 2.18 bits per heavy atom. The molecule has 0 saturated heterocycles. The van der Waals surface area contributed by atoms with Crippen LogP contribution in [0.25, 0.3) is 0 Å². The highest BCUT2D eigenvalue weighted by atomic mass is 32.2. The van der Waals surface area contributed by atoms with E-state index in [4.69, 9.17) is 14.7 Å². The first-order chi connectivity index (χ1) is 13.5. The van der Waals surface area contributed by atoms with Gasteiger partial charge in [-0.3, -0.25) is 4.79 Å². The lowest BCUT2D eigenvalue weighted by Gasteiger charge is -2.08. The molecule has 0 bridgehead atoms. The zero-order valence-electron chi connectivity index (χ0n) is 17.0. The van der Waals surface area contributed by atoms with Crippen LogP contribution in [0.3, 0.4) is 0 Å². The molecule has 2 N–H and O–H groups in total. The Kier molecular flexibility index (Phi) is 12.6. The molecule has 0 aliphatic carbocycles. The quantitative estimate of drug-likeness (QED) is 0.246. The first-order valence-electron chi connectivity index (χ1n) is 10.3. The number of carbonyl (C=O) groups is 1. The van der Waals surface area contributed by atoms with Crippen molar-refractivity contribution in [3.8, 4) is 5.75 Å². The molecule has 0 aliphatic rings. The maximum atomic E-state index is 12.0. The number of nitrogens with two attached hydrogens (primary N) is 1. The lowest BCUT2D eigenvalue weighted by atomic mass is 10.1. The third-order valence-corrected chi connectivity index (χ3v) is 5.45. The summed E-state index contributed by atoms with van der Waals surface area (Å²) in [6.07, 6.45) is 11.8. The van der Waals surface area contributed by atoms with E-state index in [0.717, 1.165) is 24.8 Å². The summed E-state index contributed by atoms with van der Waals surface area (Å²) in [7, 11) is -4.04. The summed E-state index contributed by atoms with van der Waals surface area (Å²) in [4.78, 5) is 11.7. The summed E-state index contributed by atoms with van der Waals surface area (Å²) in [6, 6.07) is 6.45. The first kappa shape index (κ1) is 24.4. The lowest BCUT2D eigenvalue weighted by molar-refractivity contribution is -0.140. The van der Waals surface area contributed by atoms with Crippen molar-refractivity contribution >= 4 is 16.1 Å². The monoisotopic (exact) mass is 413 g/mol. The molecule has 0 aliphatic heterocycles. The molecule has 6 nitrogen and oxygen atoms in total. The molecule has 7 heteroatoms. The number of hydrogen-bond acceptors (Lipinski definition) is 6. The van der Waals surface area contributed by atoms with E-state index in [9.17, 15) is 13.2 Å². The number of benzene rings is 1. The Balaban J connectivity index is 2.12. The van der Waals surface area contributed by atoms with Crippen molar-refractivity contribution in [3.05, 3.63) is 29.8 Å². The standard InChI is InChI=1S/C21H35NO5S/c1-2-3-4-5-6-7-8-9-10-11-15-26-21(23)18-28(24,25)27-20-14-12-13-19(16-20)17-22/h12-14,16H,2-11,15,17-18,22H2,1H3. The van der Waals surface area contributed by atoms with Crippen LogP contribution in [0.5, 0.6) is 5.75 Å². The number of carbonyl (C=O) groups excluding carboxylic acids is 1. The van der Waals surface area contributed by atoms with Gasteiger partial charge in [0.25, 0.3) is 0 Å². The Hall–Kier alpha value is -1.60. The largest absolute Gasteiger partial charge is 0.465 e. The average molecular weight is 414 g/mol. The van der Waals surface area contributed by atoms with Crippen molar-refractivity contribution in [3.63, 3.8) is 0 Å². The van der Waals surface area contributed by atoms with Crippen molar-refractivity contribution in [2.45, 2.75) is 77.7 Å². The number of ether oxygens (including phenoxy) is 1. The van der Waals surface area contributed by atoms with Crippen molar-refractivity contribution in [2.75, 3.05) is 12.4 Å². The molecule has 1 rings (SSSR count). The van der Waals surface area contributed by atoms with Gasteiger partial charge < -0.3 is 14.7 Å². The average Bonchev–Trinajstić information content (AvgIpc) is 2.65. The van der Waals surface area contributed by atoms with Gasteiger partial charge in [0, 0.05) is 6.54 Å². The van der Waals surface area contributed by atoms with Crippen molar-refractivity contribution in [1.29, 1.82) is 0 Å². The summed E-state index contributed by atoms with van der Waals surface area (Å²) in [5.74, 6) is -1.44. The van der Waals surface area contributed by atoms with E-state index in [-0.39, 0.29) is 18.9 Å². The van der Waals surface area contributed by atoms with Gasteiger partial charge in [-0.1, -0.05) is 76.8 Å². The lowest BCUT2D eigenvalue weighted by Crippen LogP contribution is -2.23. The van der Waals surface area contributed by atoms with Gasteiger partial charge in [0.1, 0.15) is 5.75 Å². The molecule has 0 heterocycles. The molecule has 1 aromatic carbocycles. The highest BCUT2D eigenvalue weighted by molar-refractivity contribution is 7.87. The highest BCUT2D eigenvalue weighted by Gasteiger charge is 2.20. The van der Waals surface area contributed by atoms with Gasteiger partial charge in [0.15, 0.2) is 5.75 Å². The van der Waals surface area contributed by atoms with Gasteiger partial charge in [-0.25, -0.2) is 0 Å². The summed E-state index contributed by atoms with van der Waals surface area (Å²) >= 11 is 0. The van der Waals surface area contributed by atoms with Crippen LogP contribution in [-0.2, 0) is 26.2 Å². The van der Waals surface area contributed by atoms with Crippen molar-refractivity contribution < 1.29 is 22.1 Å². The maximum Gasteiger partial charge on any atom is 0.324 e. The molecule has 28 heavy (non-hydrogen) atoms. The zero-order chi connectivity index (χ0) is 20.7. The molecule has 0 fully saturated rings. The van der Waals surface area contributed by atoms with Crippen LogP contribution in [0, 0.1) is 0 Å². The van der Waals surface area contributed by atoms with Gasteiger partial charge in [-0.05, 0) is 24.1 Å². The molecule has 1 aromatic rings. The van der Waals surface area contributed by atoms with Crippen molar-refractivity contribution in [1.82, 2.24) is 0 Å². The molecular weight excluding hydrogens is 378 g/mol. The Labute approximate surface area is 169 Å². The fourth-order valence-electron chi connectivity index (χ4n) is 2.86. The smallest absolute Gasteiger partial charge is 0.324 e. The Morgan fingerprint density at radius 2 is 1.57 bits per heavy atom. The van der Waals surface area contributed by atoms with Crippen LogP contribution >= 0.6 is 0 Å². The predicted molar refractivity (Wildman–Crippen MR) is 112 cm³/mol. The first-order valence-corrected chi connectivity index (χ1v) is 11.9. The van der Waals surface area contributed by atoms with Gasteiger partial charge in [0.05, 0.1) is 6.61 Å². The molecule has 0 atom stereocenters. The van der Waals surface area contributed by atoms with Crippen LogP contribution in [0.2, 0.25) is 0 Å². The topological polar surface area (TPSA) is 95.7 Å². The molecule has 0 aromatic heterocycles. The third-order valence-electron chi connectivity index (χ3n) is 4.41. The van der Waals surface area contributed by atoms with Gasteiger partial charge in [-0.2, -0.15) is 8.42 Å². The molecule has 0 spiro atoms. The van der Waals surface area contributed by atoms with E-state index in [1.165, 1.54) is 57.1 Å². The second-order valence-corrected chi connectivity index (χ2v) is 8.61. The SMILES string of the molecule is CCCCCCCCCCCCOC(=O)CS(=O)(=O)Oc1cccc(CN)c1. The molecule has 160 valence electrons. The van der Waals surface area contributed by atoms with E-state index in [1.54, 1.807) is 12.1 Å². The van der Waals surface area contributed by atoms with Crippen LogP contribution in [0.4, 0.5) is 0 Å². The van der Waals surface area contributed by atoms with E-state index in [0.29, 0.717) is 0 Å². The van der Waals surface area contributed by atoms with Crippen LogP contribution in [-0.4, -0.2) is 26.7 Å². The summed E-state index contributed by atoms with van der Waals surface area (Å²) in [5.41, 5.74) is 6.26.